The fourth-order valence-corrected chi connectivity index (χ4v) is 1.75. The van der Waals surface area contributed by atoms with Crippen molar-refractivity contribution >= 4 is 5.97 Å². The van der Waals surface area contributed by atoms with Crippen molar-refractivity contribution in [2.45, 2.75) is 18.8 Å². The van der Waals surface area contributed by atoms with Gasteiger partial charge in [0.05, 0.1) is 11.1 Å². The Morgan fingerprint density at radius 1 is 1.36 bits per heavy atom. The number of hydrogen-bond acceptors (Lipinski definition) is 3. The molecule has 0 saturated carbocycles. The molecule has 0 saturated heterocycles. The molecular weight excluding hydrogens is 306 g/mol. The van der Waals surface area contributed by atoms with Gasteiger partial charge >= 0.3 is 12.1 Å². The van der Waals surface area contributed by atoms with Crippen LogP contribution in [0.15, 0.2) is 42.1 Å². The van der Waals surface area contributed by atoms with Crippen molar-refractivity contribution < 1.29 is 32.2 Å². The smallest absolute Gasteiger partial charge is 0.416 e. The van der Waals surface area contributed by atoms with E-state index in [9.17, 15) is 22.4 Å². The first-order chi connectivity index (χ1) is 10.1. The molecule has 2 N–H and O–H groups in total. The summed E-state index contributed by atoms with van der Waals surface area (Å²) in [5.41, 5.74) is -2.48. The highest BCUT2D eigenvalue weighted by Gasteiger charge is 2.33. The third kappa shape index (κ3) is 3.38. The highest BCUT2D eigenvalue weighted by molar-refractivity contribution is 5.90. The second-order valence-electron chi connectivity index (χ2n) is 4.73. The van der Waals surface area contributed by atoms with E-state index in [2.05, 4.69) is 5.32 Å². The van der Waals surface area contributed by atoms with E-state index in [1.54, 1.807) is 0 Å². The maximum absolute atomic E-state index is 13.6. The number of carboxylic acid groups (broad SMARTS) is 1. The SMILES string of the molecule is CC1(Oc2cc(C(F)(F)F)ccc2F)C=CC(C(=O)O)=CN1. The minimum atomic E-state index is -4.63. The van der Waals surface area contributed by atoms with Gasteiger partial charge in [0.1, 0.15) is 0 Å². The van der Waals surface area contributed by atoms with Gasteiger partial charge in [-0.2, -0.15) is 13.2 Å². The Hall–Kier alpha value is -2.51. The summed E-state index contributed by atoms with van der Waals surface area (Å²) in [6, 6.07) is 1.82. The number of aliphatic carboxylic acids is 1. The summed E-state index contributed by atoms with van der Waals surface area (Å²) in [6.45, 7) is 1.42. The standard InChI is InChI=1S/C14H11F4NO3/c1-13(5-4-8(7-19-13)12(20)21)22-11-6-9(14(16,17)18)2-3-10(11)15/h2-7,19H,1H3,(H,20,21). The minimum absolute atomic E-state index is 0.0643. The Labute approximate surface area is 122 Å². The average Bonchev–Trinajstić information content (AvgIpc) is 2.40. The van der Waals surface area contributed by atoms with Crippen LogP contribution in [-0.2, 0) is 11.0 Å². The zero-order chi connectivity index (χ0) is 16.5. The quantitative estimate of drug-likeness (QED) is 0.841. The number of nitrogens with one attached hydrogen (secondary N) is 1. The largest absolute Gasteiger partial charge is 0.478 e. The molecule has 1 aliphatic rings. The Morgan fingerprint density at radius 3 is 2.55 bits per heavy atom. The molecule has 0 amide bonds. The fraction of sp³-hybridized carbons (Fsp3) is 0.214. The van der Waals surface area contributed by atoms with E-state index in [0.29, 0.717) is 18.2 Å². The van der Waals surface area contributed by atoms with Crippen molar-refractivity contribution in [3.8, 4) is 5.75 Å². The van der Waals surface area contributed by atoms with Crippen LogP contribution in [0.4, 0.5) is 17.6 Å². The number of halogens is 4. The third-order valence-corrected chi connectivity index (χ3v) is 2.92. The monoisotopic (exact) mass is 317 g/mol. The van der Waals surface area contributed by atoms with Crippen molar-refractivity contribution in [2.24, 2.45) is 0 Å². The molecule has 1 aliphatic heterocycles. The van der Waals surface area contributed by atoms with Crippen LogP contribution in [0.25, 0.3) is 0 Å². The number of carboxylic acids is 1. The van der Waals surface area contributed by atoms with Crippen molar-refractivity contribution in [3.63, 3.8) is 0 Å². The number of ether oxygens (including phenoxy) is 1. The average molecular weight is 317 g/mol. The number of hydrogen-bond donors (Lipinski definition) is 2. The molecule has 0 aromatic heterocycles. The zero-order valence-electron chi connectivity index (χ0n) is 11.2. The Bertz CT molecular complexity index is 667. The first-order valence-corrected chi connectivity index (χ1v) is 6.07. The van der Waals surface area contributed by atoms with E-state index < -0.39 is 35.0 Å². The van der Waals surface area contributed by atoms with Crippen LogP contribution in [0.3, 0.4) is 0 Å². The summed E-state index contributed by atoms with van der Waals surface area (Å²) in [6.07, 6.45) is -1.02. The van der Waals surface area contributed by atoms with Crippen molar-refractivity contribution in [2.75, 3.05) is 0 Å². The van der Waals surface area contributed by atoms with Crippen LogP contribution in [0.2, 0.25) is 0 Å². The summed E-state index contributed by atoms with van der Waals surface area (Å²) in [5.74, 6) is -2.74. The molecule has 1 heterocycles. The highest BCUT2D eigenvalue weighted by Crippen LogP contribution is 2.34. The molecule has 0 radical (unpaired) electrons. The first-order valence-electron chi connectivity index (χ1n) is 6.07. The number of rotatable bonds is 3. The van der Waals surface area contributed by atoms with Crippen molar-refractivity contribution in [1.82, 2.24) is 5.32 Å². The third-order valence-electron chi connectivity index (χ3n) is 2.92. The predicted molar refractivity (Wildman–Crippen MR) is 68.4 cm³/mol. The lowest BCUT2D eigenvalue weighted by molar-refractivity contribution is -0.138. The summed E-state index contributed by atoms with van der Waals surface area (Å²) < 4.78 is 56.8. The van der Waals surface area contributed by atoms with Crippen LogP contribution in [0.5, 0.6) is 5.75 Å². The van der Waals surface area contributed by atoms with E-state index in [1.807, 2.05) is 0 Å². The second-order valence-corrected chi connectivity index (χ2v) is 4.73. The van der Waals surface area contributed by atoms with Gasteiger partial charge in [-0.1, -0.05) is 0 Å². The van der Waals surface area contributed by atoms with E-state index in [4.69, 9.17) is 9.84 Å². The van der Waals surface area contributed by atoms with Crippen molar-refractivity contribution in [1.29, 1.82) is 0 Å². The Kier molecular flexibility index (Phi) is 3.87. The molecule has 0 aliphatic carbocycles. The van der Waals surface area contributed by atoms with E-state index in [0.717, 1.165) is 6.20 Å². The van der Waals surface area contributed by atoms with Crippen LogP contribution in [0.1, 0.15) is 12.5 Å². The molecule has 1 unspecified atom stereocenters. The molecule has 0 bridgehead atoms. The molecule has 0 fully saturated rings. The normalized spacial score (nSPS) is 21.0. The molecule has 118 valence electrons. The molecule has 2 rings (SSSR count). The highest BCUT2D eigenvalue weighted by atomic mass is 19.4. The van der Waals surface area contributed by atoms with Gasteiger partial charge in [-0.25, -0.2) is 9.18 Å². The molecule has 1 aromatic carbocycles. The molecule has 8 heteroatoms. The number of alkyl halides is 3. The van der Waals surface area contributed by atoms with Gasteiger partial charge in [0.25, 0.3) is 0 Å². The maximum Gasteiger partial charge on any atom is 0.416 e. The maximum atomic E-state index is 13.6. The summed E-state index contributed by atoms with van der Waals surface area (Å²) in [5, 5.41) is 11.3. The molecule has 0 spiro atoms. The topological polar surface area (TPSA) is 58.6 Å². The molecule has 1 atom stereocenters. The Morgan fingerprint density at radius 2 is 2.05 bits per heavy atom. The van der Waals surface area contributed by atoms with E-state index in [-0.39, 0.29) is 5.57 Å². The van der Waals surface area contributed by atoms with Gasteiger partial charge in [0.15, 0.2) is 17.3 Å². The summed E-state index contributed by atoms with van der Waals surface area (Å²) >= 11 is 0. The lowest BCUT2D eigenvalue weighted by Gasteiger charge is -2.30. The van der Waals surface area contributed by atoms with E-state index in [1.165, 1.54) is 19.1 Å². The summed E-state index contributed by atoms with van der Waals surface area (Å²) in [7, 11) is 0. The number of carbonyl (C=O) groups is 1. The fourth-order valence-electron chi connectivity index (χ4n) is 1.75. The van der Waals surface area contributed by atoms with Crippen LogP contribution >= 0.6 is 0 Å². The minimum Gasteiger partial charge on any atom is -0.478 e. The lowest BCUT2D eigenvalue weighted by atomic mass is 10.1. The van der Waals surface area contributed by atoms with Crippen LogP contribution in [-0.4, -0.2) is 16.8 Å². The van der Waals surface area contributed by atoms with Gasteiger partial charge in [0.2, 0.25) is 0 Å². The van der Waals surface area contributed by atoms with Crippen molar-refractivity contribution in [3.05, 3.63) is 53.5 Å². The summed E-state index contributed by atoms with van der Waals surface area (Å²) in [4.78, 5) is 10.7. The van der Waals surface area contributed by atoms with Gasteiger partial charge < -0.3 is 15.2 Å². The number of benzene rings is 1. The second kappa shape index (κ2) is 5.36. The van der Waals surface area contributed by atoms with E-state index >= 15 is 0 Å². The van der Waals surface area contributed by atoms with Crippen LogP contribution < -0.4 is 10.1 Å². The van der Waals surface area contributed by atoms with Gasteiger partial charge in [-0.3, -0.25) is 0 Å². The molecule has 1 aromatic rings. The Balaban J connectivity index is 2.25. The molecular formula is C14H11F4NO3. The zero-order valence-corrected chi connectivity index (χ0v) is 11.2. The predicted octanol–water partition coefficient (Wildman–Crippen LogP) is 3.07. The van der Waals surface area contributed by atoms with Gasteiger partial charge in [-0.05, 0) is 37.3 Å². The van der Waals surface area contributed by atoms with Gasteiger partial charge in [-0.15, -0.1) is 0 Å². The van der Waals surface area contributed by atoms with Crippen LogP contribution in [0, 0.1) is 5.82 Å². The lowest BCUT2D eigenvalue weighted by Crippen LogP contribution is -2.45. The molecule has 4 nitrogen and oxygen atoms in total. The van der Waals surface area contributed by atoms with Gasteiger partial charge in [0, 0.05) is 6.20 Å². The molecule has 22 heavy (non-hydrogen) atoms. The first kappa shape index (κ1) is 15.9. The number of dihydropyridines is 1.